The van der Waals surface area contributed by atoms with E-state index in [0.717, 1.165) is 17.7 Å². The molecule has 0 aliphatic carbocycles. The summed E-state index contributed by atoms with van der Waals surface area (Å²) in [5.41, 5.74) is 2.06. The maximum absolute atomic E-state index is 12.4. The van der Waals surface area contributed by atoms with Crippen LogP contribution in [-0.2, 0) is 20.8 Å². The van der Waals surface area contributed by atoms with Gasteiger partial charge in [0.2, 0.25) is 12.5 Å². The largest absolute Gasteiger partial charge is 0.382 e. The third-order valence-electron chi connectivity index (χ3n) is 4.03. The fourth-order valence-corrected chi connectivity index (χ4v) is 2.75. The molecule has 2 heterocycles. The Bertz CT molecular complexity index is 565. The molecule has 2 amide bonds. The normalized spacial score (nSPS) is 21.3. The summed E-state index contributed by atoms with van der Waals surface area (Å²) in [5, 5.41) is 4.06. The molecule has 2 aliphatic heterocycles. The fourth-order valence-electron chi connectivity index (χ4n) is 2.75. The van der Waals surface area contributed by atoms with Crippen LogP contribution in [0.25, 0.3) is 0 Å². The number of piperazine rings is 1. The third-order valence-corrected chi connectivity index (χ3v) is 4.03. The van der Waals surface area contributed by atoms with Crippen LogP contribution >= 0.6 is 0 Å². The lowest BCUT2D eigenvalue weighted by Gasteiger charge is -2.33. The van der Waals surface area contributed by atoms with E-state index in [4.69, 9.17) is 4.84 Å². The Balaban J connectivity index is 1.51. The summed E-state index contributed by atoms with van der Waals surface area (Å²) in [6.45, 7) is 2.29. The number of hydrogen-bond acceptors (Lipinski definition) is 4. The van der Waals surface area contributed by atoms with Crippen molar-refractivity contribution in [1.82, 2.24) is 9.80 Å². The van der Waals surface area contributed by atoms with E-state index in [-0.39, 0.29) is 5.91 Å². The van der Waals surface area contributed by atoms with Crippen LogP contribution in [0.5, 0.6) is 0 Å². The SMILES string of the molecule is O=CN1CCN(C(=O)C2CC(Cc3ccccc3)=NO2)CC1. The maximum atomic E-state index is 12.4. The molecule has 1 unspecified atom stereocenters. The molecule has 1 fully saturated rings. The van der Waals surface area contributed by atoms with Gasteiger partial charge in [0.25, 0.3) is 5.91 Å². The van der Waals surface area contributed by atoms with Crippen molar-refractivity contribution in [3.8, 4) is 0 Å². The lowest BCUT2D eigenvalue weighted by atomic mass is 10.0. The molecular weight excluding hydrogens is 282 g/mol. The number of carbonyl (C=O) groups is 2. The van der Waals surface area contributed by atoms with Gasteiger partial charge in [-0.2, -0.15) is 0 Å². The Hall–Kier alpha value is -2.37. The first-order chi connectivity index (χ1) is 10.8. The van der Waals surface area contributed by atoms with E-state index in [1.807, 2.05) is 30.3 Å². The van der Waals surface area contributed by atoms with Gasteiger partial charge in [0, 0.05) is 39.0 Å². The Morgan fingerprint density at radius 2 is 1.95 bits per heavy atom. The van der Waals surface area contributed by atoms with Crippen molar-refractivity contribution < 1.29 is 14.4 Å². The Labute approximate surface area is 129 Å². The topological polar surface area (TPSA) is 62.2 Å². The van der Waals surface area contributed by atoms with E-state index in [0.29, 0.717) is 39.0 Å². The summed E-state index contributed by atoms with van der Waals surface area (Å²) in [6, 6.07) is 10.0. The van der Waals surface area contributed by atoms with Gasteiger partial charge in [0.15, 0.2) is 0 Å². The van der Waals surface area contributed by atoms with Crippen LogP contribution in [0.1, 0.15) is 12.0 Å². The number of benzene rings is 1. The third kappa shape index (κ3) is 3.27. The van der Waals surface area contributed by atoms with E-state index in [2.05, 4.69) is 5.16 Å². The molecule has 1 saturated heterocycles. The van der Waals surface area contributed by atoms with Gasteiger partial charge < -0.3 is 14.6 Å². The molecular formula is C16H19N3O3. The van der Waals surface area contributed by atoms with Gasteiger partial charge in [0.05, 0.1) is 5.71 Å². The van der Waals surface area contributed by atoms with Crippen molar-refractivity contribution in [3.05, 3.63) is 35.9 Å². The minimum atomic E-state index is -0.513. The smallest absolute Gasteiger partial charge is 0.267 e. The van der Waals surface area contributed by atoms with E-state index < -0.39 is 6.10 Å². The Morgan fingerprint density at radius 1 is 1.23 bits per heavy atom. The zero-order valence-corrected chi connectivity index (χ0v) is 12.4. The highest BCUT2D eigenvalue weighted by molar-refractivity contribution is 5.94. The summed E-state index contributed by atoms with van der Waals surface area (Å²) in [7, 11) is 0. The number of rotatable bonds is 4. The predicted molar refractivity (Wildman–Crippen MR) is 81.3 cm³/mol. The zero-order valence-electron chi connectivity index (χ0n) is 12.4. The van der Waals surface area contributed by atoms with E-state index in [1.54, 1.807) is 9.80 Å². The number of carbonyl (C=O) groups excluding carboxylic acids is 2. The average Bonchev–Trinajstić information content (AvgIpc) is 3.04. The lowest BCUT2D eigenvalue weighted by Crippen LogP contribution is -2.51. The minimum Gasteiger partial charge on any atom is -0.382 e. The second kappa shape index (κ2) is 6.60. The first-order valence-corrected chi connectivity index (χ1v) is 7.50. The first-order valence-electron chi connectivity index (χ1n) is 7.50. The van der Waals surface area contributed by atoms with Crippen LogP contribution < -0.4 is 0 Å². The van der Waals surface area contributed by atoms with E-state index in [1.165, 1.54) is 0 Å². The van der Waals surface area contributed by atoms with Crippen molar-refractivity contribution in [3.63, 3.8) is 0 Å². The highest BCUT2D eigenvalue weighted by Gasteiger charge is 2.33. The molecule has 0 N–H and O–H groups in total. The molecule has 2 aliphatic rings. The van der Waals surface area contributed by atoms with Crippen molar-refractivity contribution >= 4 is 18.0 Å². The van der Waals surface area contributed by atoms with Crippen molar-refractivity contribution in [1.29, 1.82) is 0 Å². The van der Waals surface area contributed by atoms with Crippen LogP contribution in [0.3, 0.4) is 0 Å². The molecule has 1 atom stereocenters. The highest BCUT2D eigenvalue weighted by Crippen LogP contribution is 2.17. The number of nitrogens with zero attached hydrogens (tertiary/aromatic N) is 3. The molecule has 22 heavy (non-hydrogen) atoms. The van der Waals surface area contributed by atoms with Gasteiger partial charge in [-0.3, -0.25) is 9.59 Å². The Kier molecular flexibility index (Phi) is 4.37. The lowest BCUT2D eigenvalue weighted by molar-refractivity contribution is -0.145. The minimum absolute atomic E-state index is 0.0302. The van der Waals surface area contributed by atoms with Crippen LogP contribution in [0.2, 0.25) is 0 Å². The summed E-state index contributed by atoms with van der Waals surface area (Å²) in [6.07, 6.45) is 1.57. The van der Waals surface area contributed by atoms with Gasteiger partial charge in [-0.25, -0.2) is 0 Å². The van der Waals surface area contributed by atoms with Gasteiger partial charge in [-0.1, -0.05) is 35.5 Å². The van der Waals surface area contributed by atoms with E-state index >= 15 is 0 Å². The fraction of sp³-hybridized carbons (Fsp3) is 0.438. The molecule has 3 rings (SSSR count). The van der Waals surface area contributed by atoms with Crippen LogP contribution in [-0.4, -0.2) is 60.1 Å². The molecule has 0 radical (unpaired) electrons. The van der Waals surface area contributed by atoms with Gasteiger partial charge in [-0.05, 0) is 5.56 Å². The van der Waals surface area contributed by atoms with Crippen molar-refractivity contribution in [2.24, 2.45) is 5.16 Å². The molecule has 6 nitrogen and oxygen atoms in total. The van der Waals surface area contributed by atoms with E-state index in [9.17, 15) is 9.59 Å². The second-order valence-corrected chi connectivity index (χ2v) is 5.58. The summed E-state index contributed by atoms with van der Waals surface area (Å²) < 4.78 is 0. The molecule has 116 valence electrons. The standard InChI is InChI=1S/C16H19N3O3/c20-12-18-6-8-19(9-7-18)16(21)15-11-14(17-22-15)10-13-4-2-1-3-5-13/h1-5,12,15H,6-11H2. The summed E-state index contributed by atoms with van der Waals surface area (Å²) >= 11 is 0. The summed E-state index contributed by atoms with van der Waals surface area (Å²) in [5.74, 6) is -0.0302. The second-order valence-electron chi connectivity index (χ2n) is 5.58. The van der Waals surface area contributed by atoms with Crippen molar-refractivity contribution in [2.45, 2.75) is 18.9 Å². The highest BCUT2D eigenvalue weighted by atomic mass is 16.6. The molecule has 0 bridgehead atoms. The van der Waals surface area contributed by atoms with Gasteiger partial charge in [0.1, 0.15) is 0 Å². The maximum Gasteiger partial charge on any atom is 0.267 e. The van der Waals surface area contributed by atoms with Crippen molar-refractivity contribution in [2.75, 3.05) is 26.2 Å². The monoisotopic (exact) mass is 301 g/mol. The molecule has 6 heteroatoms. The average molecular weight is 301 g/mol. The van der Waals surface area contributed by atoms with Gasteiger partial charge >= 0.3 is 0 Å². The first kappa shape index (κ1) is 14.6. The molecule has 1 aromatic rings. The van der Waals surface area contributed by atoms with Crippen LogP contribution in [0.15, 0.2) is 35.5 Å². The predicted octanol–water partition coefficient (Wildman–Crippen LogP) is 0.675. The van der Waals surface area contributed by atoms with Gasteiger partial charge in [-0.15, -0.1) is 0 Å². The zero-order chi connectivity index (χ0) is 15.4. The number of amides is 2. The molecule has 1 aromatic carbocycles. The quantitative estimate of drug-likeness (QED) is 0.768. The number of oxime groups is 1. The summed E-state index contributed by atoms with van der Waals surface area (Å²) in [4.78, 5) is 31.9. The van der Waals surface area contributed by atoms with Crippen LogP contribution in [0.4, 0.5) is 0 Å². The Morgan fingerprint density at radius 3 is 2.64 bits per heavy atom. The van der Waals surface area contributed by atoms with Crippen LogP contribution in [0, 0.1) is 0 Å². The number of hydrogen-bond donors (Lipinski definition) is 0. The molecule has 0 saturated carbocycles. The molecule has 0 aromatic heterocycles. The molecule has 0 spiro atoms.